The molecule has 2 aromatic rings. The maximum Gasteiger partial charge on any atom is 0.242 e. The molecule has 1 N–H and O–H groups in total. The van der Waals surface area contributed by atoms with Gasteiger partial charge in [0.05, 0.1) is 4.90 Å². The third kappa shape index (κ3) is 4.08. The lowest BCUT2D eigenvalue weighted by Crippen LogP contribution is -2.52. The third-order valence-electron chi connectivity index (χ3n) is 5.48. The fraction of sp³-hybridized carbons (Fsp3) is 0.409. The monoisotopic (exact) mass is 385 g/mol. The zero-order valence-corrected chi connectivity index (χ0v) is 16.5. The maximum absolute atomic E-state index is 13.3. The van der Waals surface area contributed by atoms with E-state index in [2.05, 4.69) is 17.4 Å². The summed E-state index contributed by atoms with van der Waals surface area (Å²) in [6, 6.07) is 18.4. The van der Waals surface area contributed by atoms with Gasteiger partial charge in [0, 0.05) is 6.04 Å². The van der Waals surface area contributed by atoms with Crippen LogP contribution < -0.4 is 5.32 Å². The summed E-state index contributed by atoms with van der Waals surface area (Å²) in [5.74, 6) is -0.343. The Balaban J connectivity index is 1.74. The van der Waals surface area contributed by atoms with Crippen LogP contribution in [0.15, 0.2) is 65.6 Å². The molecule has 27 heavy (non-hydrogen) atoms. The molecule has 1 unspecified atom stereocenters. The first-order chi connectivity index (χ1) is 13.0. The Kier molecular flexibility index (Phi) is 6.00. The van der Waals surface area contributed by atoms with E-state index in [1.54, 1.807) is 30.3 Å². The van der Waals surface area contributed by atoms with Crippen molar-refractivity contribution in [1.29, 1.82) is 0 Å². The zero-order valence-electron chi connectivity index (χ0n) is 15.7. The highest BCUT2D eigenvalue weighted by Crippen LogP contribution is 2.40. The van der Waals surface area contributed by atoms with E-state index in [0.717, 1.165) is 25.7 Å². The van der Waals surface area contributed by atoms with Gasteiger partial charge in [0.1, 0.15) is 0 Å². The standard InChI is InChI=1S/C22H27NO3S/c1-18(14-15-19-10-4-2-5-11-19)23-21(24)22(16-8-9-17-22)27(25,26)20-12-6-3-7-13-20/h2-7,10-13,18H,8-9,14-17H2,1H3,(H,23,24). The molecule has 0 spiro atoms. The summed E-state index contributed by atoms with van der Waals surface area (Å²) >= 11 is 0. The second-order valence-corrected chi connectivity index (χ2v) is 9.68. The highest BCUT2D eigenvalue weighted by atomic mass is 32.2. The number of benzene rings is 2. The zero-order chi connectivity index (χ0) is 19.3. The predicted molar refractivity (Wildman–Crippen MR) is 107 cm³/mol. The molecule has 2 aromatic carbocycles. The van der Waals surface area contributed by atoms with E-state index in [-0.39, 0.29) is 16.8 Å². The lowest BCUT2D eigenvalue weighted by molar-refractivity contribution is -0.124. The van der Waals surface area contributed by atoms with Crippen LogP contribution in [-0.4, -0.2) is 25.1 Å². The number of sulfone groups is 1. The molecule has 3 rings (SSSR count). The van der Waals surface area contributed by atoms with E-state index >= 15 is 0 Å². The first-order valence-electron chi connectivity index (χ1n) is 9.60. The first kappa shape index (κ1) is 19.6. The molecule has 1 fully saturated rings. The molecule has 4 nitrogen and oxygen atoms in total. The number of amides is 1. The lowest BCUT2D eigenvalue weighted by Gasteiger charge is -2.29. The number of rotatable bonds is 7. The number of aryl methyl sites for hydroxylation is 1. The summed E-state index contributed by atoms with van der Waals surface area (Å²) in [6.45, 7) is 1.94. The van der Waals surface area contributed by atoms with Gasteiger partial charge in [-0.3, -0.25) is 4.79 Å². The van der Waals surface area contributed by atoms with E-state index in [1.807, 2.05) is 25.1 Å². The molecule has 144 valence electrons. The lowest BCUT2D eigenvalue weighted by atomic mass is 10.0. The van der Waals surface area contributed by atoms with Crippen LogP contribution in [0.4, 0.5) is 0 Å². The van der Waals surface area contributed by atoms with Gasteiger partial charge in [-0.25, -0.2) is 8.42 Å². The molecule has 1 aliphatic rings. The van der Waals surface area contributed by atoms with Gasteiger partial charge in [0.2, 0.25) is 5.91 Å². The number of carbonyl (C=O) groups excluding carboxylic acids is 1. The Bertz CT molecular complexity index is 857. The minimum absolute atomic E-state index is 0.0823. The molecule has 1 aliphatic carbocycles. The van der Waals surface area contributed by atoms with E-state index in [9.17, 15) is 13.2 Å². The van der Waals surface area contributed by atoms with Crippen LogP contribution in [-0.2, 0) is 21.1 Å². The minimum atomic E-state index is -3.72. The van der Waals surface area contributed by atoms with Gasteiger partial charge in [0.15, 0.2) is 14.6 Å². The minimum Gasteiger partial charge on any atom is -0.352 e. The molecule has 0 bridgehead atoms. The molecule has 5 heteroatoms. The second-order valence-electron chi connectivity index (χ2n) is 7.42. The van der Waals surface area contributed by atoms with Crippen LogP contribution in [0.25, 0.3) is 0 Å². The quantitative estimate of drug-likeness (QED) is 0.786. The summed E-state index contributed by atoms with van der Waals surface area (Å²) in [4.78, 5) is 13.4. The fourth-order valence-corrected chi connectivity index (χ4v) is 5.94. The normalized spacial score (nSPS) is 17.4. The van der Waals surface area contributed by atoms with Gasteiger partial charge in [-0.2, -0.15) is 0 Å². The molecule has 0 aliphatic heterocycles. The number of hydrogen-bond donors (Lipinski definition) is 1. The third-order valence-corrected chi connectivity index (χ3v) is 7.99. The molecule has 1 amide bonds. The predicted octanol–water partition coefficient (Wildman–Crippen LogP) is 3.91. The topological polar surface area (TPSA) is 63.2 Å². The van der Waals surface area contributed by atoms with Crippen LogP contribution in [0.3, 0.4) is 0 Å². The van der Waals surface area contributed by atoms with Crippen molar-refractivity contribution >= 4 is 15.7 Å². The van der Waals surface area contributed by atoms with E-state index < -0.39 is 14.6 Å². The van der Waals surface area contributed by atoms with Crippen molar-refractivity contribution in [3.05, 3.63) is 66.2 Å². The summed E-state index contributed by atoms with van der Waals surface area (Å²) in [5.41, 5.74) is 1.21. The van der Waals surface area contributed by atoms with Crippen molar-refractivity contribution < 1.29 is 13.2 Å². The Labute approximate surface area is 161 Å². The SMILES string of the molecule is CC(CCc1ccccc1)NC(=O)C1(S(=O)(=O)c2ccccc2)CCCC1. The molecular formula is C22H27NO3S. The van der Waals surface area contributed by atoms with Gasteiger partial charge >= 0.3 is 0 Å². The highest BCUT2D eigenvalue weighted by molar-refractivity contribution is 7.93. The molecule has 0 radical (unpaired) electrons. The molecular weight excluding hydrogens is 358 g/mol. The molecule has 0 heterocycles. The first-order valence-corrected chi connectivity index (χ1v) is 11.1. The Hall–Kier alpha value is -2.14. The summed E-state index contributed by atoms with van der Waals surface area (Å²) in [7, 11) is -3.72. The average molecular weight is 386 g/mol. The second kappa shape index (κ2) is 8.26. The Morgan fingerprint density at radius 1 is 1.00 bits per heavy atom. The van der Waals surface area contributed by atoms with Gasteiger partial charge in [-0.15, -0.1) is 0 Å². The van der Waals surface area contributed by atoms with Crippen LogP contribution >= 0.6 is 0 Å². The van der Waals surface area contributed by atoms with E-state index in [4.69, 9.17) is 0 Å². The van der Waals surface area contributed by atoms with E-state index in [0.29, 0.717) is 12.8 Å². The maximum atomic E-state index is 13.3. The molecule has 0 aromatic heterocycles. The summed E-state index contributed by atoms with van der Waals surface area (Å²) < 4.78 is 25.3. The molecule has 0 saturated heterocycles. The van der Waals surface area contributed by atoms with E-state index in [1.165, 1.54) is 5.56 Å². The van der Waals surface area contributed by atoms with Crippen LogP contribution in [0, 0.1) is 0 Å². The number of nitrogens with one attached hydrogen (secondary N) is 1. The summed E-state index contributed by atoms with van der Waals surface area (Å²) in [5, 5.41) is 2.99. The van der Waals surface area contributed by atoms with Crippen LogP contribution in [0.2, 0.25) is 0 Å². The largest absolute Gasteiger partial charge is 0.352 e. The molecule has 1 saturated carbocycles. The smallest absolute Gasteiger partial charge is 0.242 e. The van der Waals surface area contributed by atoms with Crippen molar-refractivity contribution in [3.63, 3.8) is 0 Å². The number of carbonyl (C=O) groups is 1. The van der Waals surface area contributed by atoms with Crippen LogP contribution in [0.1, 0.15) is 44.6 Å². The van der Waals surface area contributed by atoms with Crippen molar-refractivity contribution in [3.8, 4) is 0 Å². The van der Waals surface area contributed by atoms with Crippen molar-refractivity contribution in [2.75, 3.05) is 0 Å². The average Bonchev–Trinajstić information content (AvgIpc) is 3.20. The van der Waals surface area contributed by atoms with Crippen molar-refractivity contribution in [2.45, 2.75) is 61.1 Å². The van der Waals surface area contributed by atoms with Crippen molar-refractivity contribution in [2.24, 2.45) is 0 Å². The Morgan fingerprint density at radius 3 is 2.15 bits per heavy atom. The van der Waals surface area contributed by atoms with Gasteiger partial charge < -0.3 is 5.32 Å². The Morgan fingerprint density at radius 2 is 1.56 bits per heavy atom. The van der Waals surface area contributed by atoms with Crippen molar-refractivity contribution in [1.82, 2.24) is 5.32 Å². The molecule has 1 atom stereocenters. The van der Waals surface area contributed by atoms with Gasteiger partial charge in [-0.05, 0) is 50.3 Å². The number of hydrogen-bond acceptors (Lipinski definition) is 3. The van der Waals surface area contributed by atoms with Gasteiger partial charge in [0.25, 0.3) is 0 Å². The van der Waals surface area contributed by atoms with Gasteiger partial charge in [-0.1, -0.05) is 61.4 Å². The highest BCUT2D eigenvalue weighted by Gasteiger charge is 2.53. The van der Waals surface area contributed by atoms with Crippen LogP contribution in [0.5, 0.6) is 0 Å². The fourth-order valence-electron chi connectivity index (χ4n) is 3.84. The summed E-state index contributed by atoms with van der Waals surface area (Å²) in [6.07, 6.45) is 3.93.